The van der Waals surface area contributed by atoms with E-state index in [0.29, 0.717) is 73.0 Å². The summed E-state index contributed by atoms with van der Waals surface area (Å²) in [5, 5.41) is 33.9. The van der Waals surface area contributed by atoms with Crippen LogP contribution in [0.25, 0.3) is 22.0 Å². The zero-order valence-corrected chi connectivity index (χ0v) is 35.3. The first-order valence-corrected chi connectivity index (χ1v) is 21.4. The van der Waals surface area contributed by atoms with Crippen molar-refractivity contribution < 1.29 is 29.3 Å². The van der Waals surface area contributed by atoms with Crippen molar-refractivity contribution in [1.82, 2.24) is 25.8 Å². The van der Waals surface area contributed by atoms with Gasteiger partial charge in [-0.2, -0.15) is 0 Å². The van der Waals surface area contributed by atoms with Gasteiger partial charge < -0.3 is 40.8 Å². The first-order valence-electron chi connectivity index (χ1n) is 21.4. The quantitative estimate of drug-likeness (QED) is 0.0519. The highest BCUT2D eigenvalue weighted by atomic mass is 16.6. The lowest BCUT2D eigenvalue weighted by Gasteiger charge is -2.31. The number of para-hydroxylation sites is 1. The molecular weight excluding hydrogens is 797 g/mol. The molecule has 1 saturated heterocycles. The number of nitrogens with one attached hydrogen (secondary N) is 5. The van der Waals surface area contributed by atoms with E-state index in [1.54, 1.807) is 24.3 Å². The first kappa shape index (κ1) is 44.3. The molecule has 3 amide bonds. The van der Waals surface area contributed by atoms with E-state index in [-0.39, 0.29) is 41.8 Å². The summed E-state index contributed by atoms with van der Waals surface area (Å²) in [6.07, 6.45) is 0.916. The summed E-state index contributed by atoms with van der Waals surface area (Å²) < 4.78 is 5.76. The minimum atomic E-state index is -0.848. The van der Waals surface area contributed by atoms with Gasteiger partial charge in [0.1, 0.15) is 11.9 Å². The summed E-state index contributed by atoms with van der Waals surface area (Å²) in [6, 6.07) is 38.9. The number of carbonyl (C=O) groups excluding carboxylic acids is 3. The van der Waals surface area contributed by atoms with Crippen molar-refractivity contribution in [3.05, 3.63) is 166 Å². The van der Waals surface area contributed by atoms with Crippen LogP contribution in [0.1, 0.15) is 64.9 Å². The monoisotopic (exact) mass is 850 g/mol. The lowest BCUT2D eigenvalue weighted by atomic mass is 10.0. The molecule has 0 unspecified atom stereocenters. The molecule has 0 radical (unpaired) electrons. The molecule has 1 aromatic heterocycles. The molecular formula is C50H54N6O7. The Balaban J connectivity index is 0.778. The van der Waals surface area contributed by atoms with Crippen LogP contribution in [0.4, 0.5) is 10.5 Å². The second-order valence-electron chi connectivity index (χ2n) is 16.0. The van der Waals surface area contributed by atoms with Gasteiger partial charge in [0.25, 0.3) is 5.91 Å². The smallest absolute Gasteiger partial charge is 0.411 e. The Morgan fingerprint density at radius 2 is 1.54 bits per heavy atom. The van der Waals surface area contributed by atoms with Gasteiger partial charge in [-0.1, -0.05) is 91.0 Å². The number of fused-ring (bicyclic) bond motifs is 1. The maximum atomic E-state index is 13.1. The van der Waals surface area contributed by atoms with Gasteiger partial charge >= 0.3 is 6.09 Å². The summed E-state index contributed by atoms with van der Waals surface area (Å²) in [7, 11) is 0. The standard InChI is InChI=1S/C50H54N6O7/c1-33(51-32-45(58)41-18-20-44(57)48-42(41)19-21-47(60)55-48)28-34-14-16-35(17-15-34)30-53-49(61)38-11-7-8-36(29-38)31-52-46(59)24-27-56-25-22-39(23-26-56)63-50(62)54-43-13-6-5-12-40(43)37-9-3-2-4-10-37/h2-21,29,33,39,45,51,57-58H,22-28,30-32H2,1H3,(H,52,59)(H,53,61)(H,54,62)(H,55,60)/t33-,45-/m0/s1. The van der Waals surface area contributed by atoms with Crippen molar-refractivity contribution in [2.75, 3.05) is 31.5 Å². The number of phenolic OH excluding ortho intramolecular Hbond substituents is 1. The van der Waals surface area contributed by atoms with E-state index in [0.717, 1.165) is 40.9 Å². The molecule has 6 aromatic rings. The number of hydrogen-bond acceptors (Lipinski definition) is 9. The number of anilines is 1. The number of aromatic hydroxyl groups is 1. The molecule has 326 valence electrons. The Hall–Kier alpha value is -6.80. The fourth-order valence-electron chi connectivity index (χ4n) is 7.85. The number of H-pyrrole nitrogens is 1. The molecule has 2 heterocycles. The van der Waals surface area contributed by atoms with Gasteiger partial charge in [-0.05, 0) is 84.3 Å². The topological polar surface area (TPSA) is 185 Å². The molecule has 63 heavy (non-hydrogen) atoms. The Morgan fingerprint density at radius 3 is 2.33 bits per heavy atom. The third-order valence-electron chi connectivity index (χ3n) is 11.3. The predicted molar refractivity (Wildman–Crippen MR) is 244 cm³/mol. The average molecular weight is 851 g/mol. The van der Waals surface area contributed by atoms with E-state index in [1.807, 2.05) is 97.9 Å². The van der Waals surface area contributed by atoms with E-state index in [9.17, 15) is 29.4 Å². The highest BCUT2D eigenvalue weighted by Gasteiger charge is 2.23. The number of carbonyl (C=O) groups is 3. The van der Waals surface area contributed by atoms with Gasteiger partial charge in [-0.15, -0.1) is 0 Å². The molecule has 0 bridgehead atoms. The van der Waals surface area contributed by atoms with Crippen molar-refractivity contribution in [1.29, 1.82) is 0 Å². The fraction of sp³-hybridized carbons (Fsp3) is 0.280. The SMILES string of the molecule is C[C@@H](Cc1ccc(CNC(=O)c2cccc(CNC(=O)CCN3CCC(OC(=O)Nc4ccccc4-c4ccccc4)CC3)c2)cc1)NC[C@H](O)c1ccc(O)c2[nH]c(=O)ccc12. The van der Waals surface area contributed by atoms with Crippen molar-refractivity contribution >= 4 is 34.5 Å². The first-order chi connectivity index (χ1) is 30.6. The number of aromatic nitrogens is 1. The summed E-state index contributed by atoms with van der Waals surface area (Å²) in [5.41, 5.74) is 6.59. The molecule has 0 saturated carbocycles. The number of amides is 3. The summed E-state index contributed by atoms with van der Waals surface area (Å²) >= 11 is 0. The van der Waals surface area contributed by atoms with E-state index in [4.69, 9.17) is 4.74 Å². The summed E-state index contributed by atoms with van der Waals surface area (Å²) in [6.45, 7) is 5.03. The molecule has 1 aliphatic rings. The van der Waals surface area contributed by atoms with Crippen LogP contribution in [-0.2, 0) is 29.0 Å². The van der Waals surface area contributed by atoms with Crippen LogP contribution in [0.2, 0.25) is 0 Å². The molecule has 13 nitrogen and oxygen atoms in total. The van der Waals surface area contributed by atoms with Gasteiger partial charge in [-0.3, -0.25) is 19.7 Å². The molecule has 13 heteroatoms. The fourth-order valence-corrected chi connectivity index (χ4v) is 7.85. The molecule has 5 aromatic carbocycles. The van der Waals surface area contributed by atoms with Crippen LogP contribution in [0, 0.1) is 0 Å². The second-order valence-corrected chi connectivity index (χ2v) is 16.0. The number of rotatable bonds is 17. The molecule has 0 spiro atoms. The number of hydrogen-bond donors (Lipinski definition) is 7. The molecule has 1 fully saturated rings. The number of aromatic amines is 1. The lowest BCUT2D eigenvalue weighted by Crippen LogP contribution is -2.40. The Morgan fingerprint density at radius 1 is 0.810 bits per heavy atom. The number of phenols is 1. The number of aliphatic hydroxyl groups is 1. The van der Waals surface area contributed by atoms with Gasteiger partial charge in [0.15, 0.2) is 0 Å². The number of benzene rings is 5. The number of nitrogens with zero attached hydrogens (tertiary/aromatic N) is 1. The number of aliphatic hydroxyl groups excluding tert-OH is 1. The van der Waals surface area contributed by atoms with Gasteiger partial charge in [-0.25, -0.2) is 4.79 Å². The van der Waals surface area contributed by atoms with Crippen molar-refractivity contribution in [3.63, 3.8) is 0 Å². The highest BCUT2D eigenvalue weighted by molar-refractivity contribution is 5.94. The average Bonchev–Trinajstić information content (AvgIpc) is 3.30. The van der Waals surface area contributed by atoms with Crippen molar-refractivity contribution in [2.45, 2.75) is 63.9 Å². The van der Waals surface area contributed by atoms with Crippen LogP contribution in [0.3, 0.4) is 0 Å². The van der Waals surface area contributed by atoms with Crippen molar-refractivity contribution in [2.24, 2.45) is 0 Å². The number of likely N-dealkylation sites (tertiary alicyclic amines) is 1. The Labute approximate surface area is 366 Å². The number of ether oxygens (including phenoxy) is 1. The second kappa shape index (κ2) is 21.3. The zero-order chi connectivity index (χ0) is 44.1. The van der Waals surface area contributed by atoms with Gasteiger partial charge in [0, 0.05) is 74.3 Å². The summed E-state index contributed by atoms with van der Waals surface area (Å²) in [4.78, 5) is 55.2. The van der Waals surface area contributed by atoms with Crippen LogP contribution >= 0.6 is 0 Å². The normalized spacial score (nSPS) is 14.1. The van der Waals surface area contributed by atoms with E-state index < -0.39 is 12.2 Å². The molecule has 7 N–H and O–H groups in total. The third-order valence-corrected chi connectivity index (χ3v) is 11.3. The van der Waals surface area contributed by atoms with E-state index in [2.05, 4.69) is 31.2 Å². The van der Waals surface area contributed by atoms with Crippen molar-refractivity contribution in [3.8, 4) is 16.9 Å². The largest absolute Gasteiger partial charge is 0.506 e. The molecule has 7 rings (SSSR count). The van der Waals surface area contributed by atoms with E-state index in [1.165, 1.54) is 12.1 Å². The molecule has 1 aliphatic heterocycles. The van der Waals surface area contributed by atoms with E-state index >= 15 is 0 Å². The maximum Gasteiger partial charge on any atom is 0.411 e. The number of piperidine rings is 1. The third kappa shape index (κ3) is 12.4. The Kier molecular flexibility index (Phi) is 15.0. The zero-order valence-electron chi connectivity index (χ0n) is 35.3. The minimum Gasteiger partial charge on any atom is -0.506 e. The number of pyridine rings is 1. The van der Waals surface area contributed by atoms with Gasteiger partial charge in [0.05, 0.1) is 17.3 Å². The molecule has 2 atom stereocenters. The highest BCUT2D eigenvalue weighted by Crippen LogP contribution is 2.30. The lowest BCUT2D eigenvalue weighted by molar-refractivity contribution is -0.121. The van der Waals surface area contributed by atoms with Crippen LogP contribution in [0.5, 0.6) is 5.75 Å². The minimum absolute atomic E-state index is 0.0484. The molecule has 0 aliphatic carbocycles. The maximum absolute atomic E-state index is 13.1. The summed E-state index contributed by atoms with van der Waals surface area (Å²) in [5.74, 6) is -0.335. The van der Waals surface area contributed by atoms with Crippen LogP contribution in [0.15, 0.2) is 132 Å². The van der Waals surface area contributed by atoms with Crippen LogP contribution in [-0.4, -0.2) is 76.3 Å². The Bertz CT molecular complexity index is 2560. The predicted octanol–water partition coefficient (Wildman–Crippen LogP) is 6.80. The van der Waals surface area contributed by atoms with Crippen LogP contribution < -0.4 is 26.8 Å². The van der Waals surface area contributed by atoms with Gasteiger partial charge in [0.2, 0.25) is 11.5 Å².